The van der Waals surface area contributed by atoms with Gasteiger partial charge in [0.2, 0.25) is 0 Å². The molecule has 0 saturated carbocycles. The van der Waals surface area contributed by atoms with Gasteiger partial charge in [-0.3, -0.25) is 9.00 Å². The summed E-state index contributed by atoms with van der Waals surface area (Å²) in [6, 6.07) is 22.3. The molecule has 0 amide bonds. The second kappa shape index (κ2) is 9.33. The van der Waals surface area contributed by atoms with E-state index < -0.39 is 10.8 Å². The summed E-state index contributed by atoms with van der Waals surface area (Å²) in [5.74, 6) is 1.72. The second-order valence-corrected chi connectivity index (χ2v) is 9.00. The molecule has 1 atom stereocenters. The monoisotopic (exact) mass is 459 g/mol. The van der Waals surface area contributed by atoms with E-state index in [-0.39, 0.29) is 5.78 Å². The zero-order valence-electron chi connectivity index (χ0n) is 17.7. The molecule has 0 bridgehead atoms. The lowest BCUT2D eigenvalue weighted by atomic mass is 10.0. The maximum absolute atomic E-state index is 12.7. The number of tetrazole rings is 1. The number of carbonyl (C=O) groups excluding carboxylic acids is 1. The number of hydrogen-bond donors (Lipinski definition) is 1. The van der Waals surface area contributed by atoms with E-state index in [1.807, 2.05) is 53.4 Å². The molecule has 9 heteroatoms. The van der Waals surface area contributed by atoms with E-state index in [4.69, 9.17) is 4.74 Å². The first kappa shape index (κ1) is 21.0. The van der Waals surface area contributed by atoms with E-state index in [2.05, 4.69) is 20.6 Å². The first-order valence-electron chi connectivity index (χ1n) is 10.5. The van der Waals surface area contributed by atoms with Gasteiger partial charge < -0.3 is 9.64 Å². The highest BCUT2D eigenvalue weighted by Crippen LogP contribution is 2.32. The Morgan fingerprint density at radius 1 is 1.03 bits per heavy atom. The fourth-order valence-electron chi connectivity index (χ4n) is 3.74. The number of aromatic nitrogens is 4. The molecule has 1 aliphatic rings. The molecule has 0 radical (unpaired) electrons. The molecule has 1 aliphatic heterocycles. The second-order valence-electron chi connectivity index (χ2n) is 7.61. The summed E-state index contributed by atoms with van der Waals surface area (Å²) in [6.07, 6.45) is 0.599. The summed E-state index contributed by atoms with van der Waals surface area (Å²) >= 11 is 0. The standard InChI is InChI=1S/C24H21N5O3S/c30-24(18-4-2-1-3-5-18)19-8-11-21-22(15-19)33(31)16-29(21)12-13-32-20-9-6-17(7-10-20)14-23-25-27-28-26-23/h1-11,15H,12-14,16H2,(H,25,26,27,28). The maximum atomic E-state index is 12.7. The van der Waals surface area contributed by atoms with Crippen LogP contribution in [0.3, 0.4) is 0 Å². The number of nitrogens with one attached hydrogen (secondary N) is 1. The number of ether oxygens (including phenoxy) is 1. The Kier molecular flexibility index (Phi) is 5.95. The Morgan fingerprint density at radius 2 is 1.85 bits per heavy atom. The van der Waals surface area contributed by atoms with Crippen LogP contribution in [0.2, 0.25) is 0 Å². The van der Waals surface area contributed by atoms with Gasteiger partial charge >= 0.3 is 0 Å². The zero-order chi connectivity index (χ0) is 22.6. The summed E-state index contributed by atoms with van der Waals surface area (Å²) in [6.45, 7) is 1.04. The topological polar surface area (TPSA) is 101 Å². The summed E-state index contributed by atoms with van der Waals surface area (Å²) in [5.41, 5.74) is 3.12. The zero-order valence-corrected chi connectivity index (χ0v) is 18.5. The molecule has 8 nitrogen and oxygen atoms in total. The number of benzene rings is 3. The highest BCUT2D eigenvalue weighted by atomic mass is 32.2. The Labute approximate surface area is 193 Å². The van der Waals surface area contributed by atoms with Crippen LogP contribution in [0.25, 0.3) is 0 Å². The smallest absolute Gasteiger partial charge is 0.193 e. The van der Waals surface area contributed by atoms with E-state index in [9.17, 15) is 9.00 Å². The molecular weight excluding hydrogens is 438 g/mol. The molecule has 4 aromatic rings. The van der Waals surface area contributed by atoms with Crippen LogP contribution in [0.5, 0.6) is 5.75 Å². The normalized spacial score (nSPS) is 14.8. The van der Waals surface area contributed by atoms with Gasteiger partial charge in [-0.15, -0.1) is 10.2 Å². The third kappa shape index (κ3) is 4.68. The first-order valence-corrected chi connectivity index (χ1v) is 11.8. The molecule has 2 heterocycles. The van der Waals surface area contributed by atoms with Crippen LogP contribution in [-0.2, 0) is 17.2 Å². The van der Waals surface area contributed by atoms with Gasteiger partial charge in [0, 0.05) is 17.5 Å². The van der Waals surface area contributed by atoms with Gasteiger partial charge in [-0.2, -0.15) is 5.21 Å². The van der Waals surface area contributed by atoms with Crippen molar-refractivity contribution >= 4 is 22.3 Å². The molecule has 0 fully saturated rings. The molecule has 5 rings (SSSR count). The minimum atomic E-state index is -1.18. The lowest BCUT2D eigenvalue weighted by Crippen LogP contribution is -2.26. The van der Waals surface area contributed by atoms with Gasteiger partial charge in [0.15, 0.2) is 11.6 Å². The van der Waals surface area contributed by atoms with Crippen LogP contribution in [0, 0.1) is 0 Å². The third-order valence-corrected chi connectivity index (χ3v) is 6.79. The van der Waals surface area contributed by atoms with Crippen molar-refractivity contribution in [2.45, 2.75) is 11.3 Å². The highest BCUT2D eigenvalue weighted by molar-refractivity contribution is 7.85. The van der Waals surface area contributed by atoms with Crippen LogP contribution < -0.4 is 9.64 Å². The Balaban J connectivity index is 1.20. The molecule has 0 saturated heterocycles. The minimum Gasteiger partial charge on any atom is -0.492 e. The number of anilines is 1. The first-order chi connectivity index (χ1) is 16.2. The van der Waals surface area contributed by atoms with Crippen molar-refractivity contribution in [3.63, 3.8) is 0 Å². The van der Waals surface area contributed by atoms with E-state index in [0.29, 0.717) is 47.3 Å². The van der Waals surface area contributed by atoms with Gasteiger partial charge in [0.25, 0.3) is 0 Å². The maximum Gasteiger partial charge on any atom is 0.193 e. The van der Waals surface area contributed by atoms with E-state index >= 15 is 0 Å². The molecule has 33 heavy (non-hydrogen) atoms. The van der Waals surface area contributed by atoms with Crippen molar-refractivity contribution in [2.75, 3.05) is 23.9 Å². The minimum absolute atomic E-state index is 0.0695. The largest absolute Gasteiger partial charge is 0.492 e. The van der Waals surface area contributed by atoms with Crippen molar-refractivity contribution < 1.29 is 13.7 Å². The van der Waals surface area contributed by atoms with Crippen LogP contribution >= 0.6 is 0 Å². The van der Waals surface area contributed by atoms with Crippen LogP contribution in [-0.4, -0.2) is 49.6 Å². The van der Waals surface area contributed by atoms with Gasteiger partial charge in [0.05, 0.1) is 33.8 Å². The van der Waals surface area contributed by atoms with Gasteiger partial charge in [-0.05, 0) is 35.9 Å². The quantitative estimate of drug-likeness (QED) is 0.404. The lowest BCUT2D eigenvalue weighted by molar-refractivity contribution is 0.103. The summed E-state index contributed by atoms with van der Waals surface area (Å²) in [7, 11) is -1.18. The average Bonchev–Trinajstić information content (AvgIpc) is 3.48. The fraction of sp³-hybridized carbons (Fsp3) is 0.167. The van der Waals surface area contributed by atoms with E-state index in [0.717, 1.165) is 17.0 Å². The van der Waals surface area contributed by atoms with Crippen molar-refractivity contribution in [2.24, 2.45) is 0 Å². The SMILES string of the molecule is O=C(c1ccccc1)c1ccc2c(c1)S(=O)CN2CCOc1ccc(Cc2nn[nH]n2)cc1. The molecule has 0 aliphatic carbocycles. The number of ketones is 1. The van der Waals surface area contributed by atoms with Crippen LogP contribution in [0.1, 0.15) is 27.3 Å². The third-order valence-electron chi connectivity index (χ3n) is 5.42. The van der Waals surface area contributed by atoms with Crippen molar-refractivity contribution in [1.29, 1.82) is 0 Å². The molecule has 0 spiro atoms. The van der Waals surface area contributed by atoms with Crippen LogP contribution in [0.4, 0.5) is 5.69 Å². The summed E-state index contributed by atoms with van der Waals surface area (Å²) in [4.78, 5) is 15.5. The number of H-pyrrole nitrogens is 1. The molecule has 3 aromatic carbocycles. The van der Waals surface area contributed by atoms with E-state index in [1.165, 1.54) is 0 Å². The van der Waals surface area contributed by atoms with Crippen LogP contribution in [0.15, 0.2) is 77.7 Å². The number of carbonyl (C=O) groups is 1. The summed E-state index contributed by atoms with van der Waals surface area (Å²) in [5, 5.41) is 13.9. The summed E-state index contributed by atoms with van der Waals surface area (Å²) < 4.78 is 18.6. The number of nitrogens with zero attached hydrogens (tertiary/aromatic N) is 4. The molecule has 1 unspecified atom stereocenters. The number of hydrogen-bond acceptors (Lipinski definition) is 7. The van der Waals surface area contributed by atoms with Crippen molar-refractivity contribution in [3.8, 4) is 5.75 Å². The fourth-order valence-corrected chi connectivity index (χ4v) is 5.12. The van der Waals surface area contributed by atoms with Gasteiger partial charge in [-0.1, -0.05) is 47.7 Å². The number of rotatable bonds is 8. The van der Waals surface area contributed by atoms with Crippen molar-refractivity contribution in [1.82, 2.24) is 20.6 Å². The average molecular weight is 460 g/mol. The molecule has 166 valence electrons. The van der Waals surface area contributed by atoms with Crippen molar-refractivity contribution in [3.05, 3.63) is 95.3 Å². The van der Waals surface area contributed by atoms with E-state index in [1.54, 1.807) is 24.3 Å². The molecule has 1 aromatic heterocycles. The Morgan fingerprint density at radius 3 is 2.61 bits per heavy atom. The molecular formula is C24H21N5O3S. The lowest BCUT2D eigenvalue weighted by Gasteiger charge is -2.18. The Hall–Kier alpha value is -3.85. The predicted octanol–water partition coefficient (Wildman–Crippen LogP) is 2.99. The molecule has 1 N–H and O–H groups in total. The predicted molar refractivity (Wildman–Crippen MR) is 124 cm³/mol. The number of aromatic amines is 1. The Bertz CT molecular complexity index is 1280. The van der Waals surface area contributed by atoms with Gasteiger partial charge in [0.1, 0.15) is 12.4 Å². The number of fused-ring (bicyclic) bond motifs is 1. The van der Waals surface area contributed by atoms with Gasteiger partial charge in [-0.25, -0.2) is 0 Å². The highest BCUT2D eigenvalue weighted by Gasteiger charge is 2.26.